The van der Waals surface area contributed by atoms with Gasteiger partial charge in [0.25, 0.3) is 5.91 Å². The summed E-state index contributed by atoms with van der Waals surface area (Å²) >= 11 is 8.44. The van der Waals surface area contributed by atoms with E-state index in [0.717, 1.165) is 24.3 Å². The summed E-state index contributed by atoms with van der Waals surface area (Å²) in [4.78, 5) is 15.2. The van der Waals surface area contributed by atoms with Gasteiger partial charge in [0.2, 0.25) is 0 Å². The molecule has 0 unspecified atom stereocenters. The second-order valence-electron chi connectivity index (χ2n) is 5.07. The summed E-state index contributed by atoms with van der Waals surface area (Å²) in [5.74, 6) is 0.731. The van der Waals surface area contributed by atoms with E-state index in [2.05, 4.69) is 35.2 Å². The van der Waals surface area contributed by atoms with E-state index in [1.54, 1.807) is 11.8 Å². The topological polar surface area (TPSA) is 53.2 Å². The van der Waals surface area contributed by atoms with Gasteiger partial charge in [0.15, 0.2) is 5.11 Å². The van der Waals surface area contributed by atoms with E-state index in [-0.39, 0.29) is 5.91 Å². The van der Waals surface area contributed by atoms with Gasteiger partial charge < -0.3 is 5.32 Å². The maximum atomic E-state index is 12.1. The van der Waals surface area contributed by atoms with E-state index in [4.69, 9.17) is 12.2 Å². The summed E-state index contributed by atoms with van der Waals surface area (Å²) in [6, 6.07) is 12.1. The summed E-state index contributed by atoms with van der Waals surface area (Å²) in [5, 5.41) is 3.49. The fourth-order valence-electron chi connectivity index (χ4n) is 2.05. The van der Waals surface area contributed by atoms with Gasteiger partial charge in [0, 0.05) is 22.1 Å². The zero-order valence-corrected chi connectivity index (χ0v) is 16.2. The minimum absolute atomic E-state index is 0.161. The van der Waals surface area contributed by atoms with Crippen LogP contribution in [0, 0.1) is 6.92 Å². The van der Waals surface area contributed by atoms with Crippen LogP contribution < -0.4 is 16.2 Å². The molecular weight excluding hydrogens is 358 g/mol. The molecule has 7 heteroatoms. The fraction of sp³-hybridized carbons (Fsp3) is 0.294. The Hall–Kier alpha value is -1.57. The highest BCUT2D eigenvalue weighted by molar-refractivity contribution is 7.99. The average molecular weight is 380 g/mol. The van der Waals surface area contributed by atoms with Gasteiger partial charge in [-0.05, 0) is 49.3 Å². The van der Waals surface area contributed by atoms with E-state index in [9.17, 15) is 4.79 Å². The van der Waals surface area contributed by atoms with Gasteiger partial charge in [-0.25, -0.2) is 0 Å². The quantitative estimate of drug-likeness (QED) is 0.310. The predicted molar refractivity (Wildman–Crippen MR) is 107 cm³/mol. The molecule has 0 aliphatic heterocycles. The molecule has 128 valence electrons. The molecule has 0 saturated carbocycles. The summed E-state index contributed by atoms with van der Waals surface area (Å²) in [6.45, 7) is 4.83. The smallest absolute Gasteiger partial charge is 0.279 e. The van der Waals surface area contributed by atoms with Crippen LogP contribution >= 0.6 is 35.3 Å². The van der Waals surface area contributed by atoms with Crippen molar-refractivity contribution < 1.29 is 4.79 Å². The van der Waals surface area contributed by atoms with Gasteiger partial charge in [0.1, 0.15) is 0 Å². The first-order valence-corrected chi connectivity index (χ1v) is 9.92. The van der Waals surface area contributed by atoms with E-state index >= 15 is 0 Å². The monoisotopic (exact) mass is 379 g/mol. The van der Waals surface area contributed by atoms with Crippen LogP contribution in [0.3, 0.4) is 0 Å². The second kappa shape index (κ2) is 9.66. The molecule has 1 heterocycles. The maximum Gasteiger partial charge on any atom is 0.279 e. The number of thioether (sulfide) groups is 1. The molecule has 0 aliphatic rings. The number of hydrogen-bond acceptors (Lipinski definition) is 4. The molecule has 0 radical (unpaired) electrons. The Morgan fingerprint density at radius 2 is 2.00 bits per heavy atom. The lowest BCUT2D eigenvalue weighted by Gasteiger charge is -2.10. The number of thiophene rings is 1. The molecule has 4 nitrogen and oxygen atoms in total. The Bertz CT molecular complexity index is 686. The third-order valence-corrected chi connectivity index (χ3v) is 5.89. The second-order valence-corrected chi connectivity index (χ2v) is 7.78. The number of amides is 1. The van der Waals surface area contributed by atoms with Crippen LogP contribution in [0.2, 0.25) is 0 Å². The molecule has 24 heavy (non-hydrogen) atoms. The lowest BCUT2D eigenvalue weighted by Crippen LogP contribution is -2.47. The zero-order chi connectivity index (χ0) is 17.4. The van der Waals surface area contributed by atoms with E-state index in [1.807, 2.05) is 31.2 Å². The summed E-state index contributed by atoms with van der Waals surface area (Å²) < 4.78 is 0. The van der Waals surface area contributed by atoms with Crippen molar-refractivity contribution in [3.8, 4) is 0 Å². The maximum absolute atomic E-state index is 12.1. The van der Waals surface area contributed by atoms with Gasteiger partial charge >= 0.3 is 0 Å². The molecule has 0 atom stereocenters. The van der Waals surface area contributed by atoms with Crippen molar-refractivity contribution >= 4 is 46.3 Å². The van der Waals surface area contributed by atoms with E-state index in [0.29, 0.717) is 9.99 Å². The number of hydrazine groups is 1. The average Bonchev–Trinajstić information content (AvgIpc) is 2.98. The highest BCUT2D eigenvalue weighted by Crippen LogP contribution is 2.22. The molecule has 2 rings (SSSR count). The highest BCUT2D eigenvalue weighted by Gasteiger charge is 2.11. The number of carbonyl (C=O) groups excluding carboxylic acids is 1. The van der Waals surface area contributed by atoms with Crippen molar-refractivity contribution in [2.75, 3.05) is 12.3 Å². The highest BCUT2D eigenvalue weighted by atomic mass is 32.2. The van der Waals surface area contributed by atoms with Gasteiger partial charge in [-0.1, -0.05) is 25.1 Å². The molecule has 0 bridgehead atoms. The lowest BCUT2D eigenvalue weighted by atomic mass is 10.2. The number of aryl methyl sites for hydroxylation is 2. The Morgan fingerprint density at radius 3 is 2.67 bits per heavy atom. The fourth-order valence-corrected chi connectivity index (χ4v) is 4.00. The Labute approximate surface area is 156 Å². The molecule has 1 amide bonds. The van der Waals surface area contributed by atoms with Crippen LogP contribution in [0.1, 0.15) is 27.0 Å². The van der Waals surface area contributed by atoms with Crippen molar-refractivity contribution in [1.82, 2.24) is 16.2 Å². The third-order valence-electron chi connectivity index (χ3n) is 3.25. The first-order chi connectivity index (χ1) is 11.6. The summed E-state index contributed by atoms with van der Waals surface area (Å²) in [6.07, 6.45) is 0.941. The van der Waals surface area contributed by atoms with E-state index in [1.165, 1.54) is 21.1 Å². The third kappa shape index (κ3) is 5.81. The lowest BCUT2D eigenvalue weighted by molar-refractivity contribution is 0.0947. The summed E-state index contributed by atoms with van der Waals surface area (Å²) in [5.41, 5.74) is 6.54. The molecule has 0 saturated heterocycles. The Balaban J connectivity index is 1.66. The van der Waals surface area contributed by atoms with Crippen LogP contribution in [-0.2, 0) is 6.42 Å². The molecule has 1 aromatic carbocycles. The van der Waals surface area contributed by atoms with Gasteiger partial charge in [-0.3, -0.25) is 15.6 Å². The molecule has 0 aliphatic carbocycles. The molecule has 2 aromatic rings. The van der Waals surface area contributed by atoms with Crippen LogP contribution in [-0.4, -0.2) is 23.3 Å². The molecule has 1 aromatic heterocycles. The molecule has 0 fully saturated rings. The molecular formula is C17H21N3OS3. The molecule has 0 spiro atoms. The van der Waals surface area contributed by atoms with Crippen molar-refractivity contribution in [1.29, 1.82) is 0 Å². The van der Waals surface area contributed by atoms with Crippen LogP contribution in [0.25, 0.3) is 0 Å². The number of hydrogen-bond donors (Lipinski definition) is 3. The normalized spacial score (nSPS) is 10.2. The Morgan fingerprint density at radius 1 is 1.25 bits per heavy atom. The first-order valence-electron chi connectivity index (χ1n) is 7.71. The number of thiocarbonyl (C=S) groups is 1. The van der Waals surface area contributed by atoms with Crippen molar-refractivity contribution in [3.05, 3.63) is 51.7 Å². The van der Waals surface area contributed by atoms with Gasteiger partial charge in [-0.2, -0.15) is 0 Å². The van der Waals surface area contributed by atoms with Crippen molar-refractivity contribution in [2.24, 2.45) is 0 Å². The minimum atomic E-state index is -0.161. The predicted octanol–water partition coefficient (Wildman–Crippen LogP) is 3.52. The summed E-state index contributed by atoms with van der Waals surface area (Å²) in [7, 11) is 0. The van der Waals surface area contributed by atoms with Gasteiger partial charge in [-0.15, -0.1) is 23.1 Å². The van der Waals surface area contributed by atoms with Crippen LogP contribution in [0.15, 0.2) is 41.3 Å². The zero-order valence-electron chi connectivity index (χ0n) is 13.7. The number of benzene rings is 1. The van der Waals surface area contributed by atoms with Crippen LogP contribution in [0.4, 0.5) is 0 Å². The van der Waals surface area contributed by atoms with E-state index < -0.39 is 0 Å². The standard InChI is InChI=1S/C17H21N3OS3/c1-3-14-12(2)11-15(24-14)16(21)19-20-17(22)18-9-10-23-13-7-5-4-6-8-13/h4-8,11H,3,9-10H2,1-2H3,(H,19,21)(H2,18,20,22). The largest absolute Gasteiger partial charge is 0.361 e. The number of rotatable bonds is 6. The van der Waals surface area contributed by atoms with Crippen molar-refractivity contribution in [3.63, 3.8) is 0 Å². The van der Waals surface area contributed by atoms with Crippen molar-refractivity contribution in [2.45, 2.75) is 25.2 Å². The Kier molecular flexibility index (Phi) is 7.55. The minimum Gasteiger partial charge on any atom is -0.361 e. The number of nitrogens with one attached hydrogen (secondary N) is 3. The van der Waals surface area contributed by atoms with Crippen LogP contribution in [0.5, 0.6) is 0 Å². The first kappa shape index (κ1) is 18.8. The SMILES string of the molecule is CCc1sc(C(=O)NNC(=S)NCCSc2ccccc2)cc1C. The molecule has 3 N–H and O–H groups in total. The number of carbonyl (C=O) groups is 1. The van der Waals surface area contributed by atoms with Gasteiger partial charge in [0.05, 0.1) is 4.88 Å².